The van der Waals surface area contributed by atoms with Crippen LogP contribution in [0, 0.1) is 13.8 Å². The van der Waals surface area contributed by atoms with Crippen molar-refractivity contribution in [2.75, 3.05) is 5.32 Å². The second-order valence-electron chi connectivity index (χ2n) is 7.33. The molecular formula is C24H28N2O3. The summed E-state index contributed by atoms with van der Waals surface area (Å²) in [4.78, 5) is 26.1. The molecule has 2 aromatic heterocycles. The maximum atomic E-state index is 13.2. The molecule has 0 aliphatic heterocycles. The average Bonchev–Trinajstić information content (AvgIpc) is 3.22. The zero-order chi connectivity index (χ0) is 20.8. The molecule has 5 nitrogen and oxygen atoms in total. The minimum absolute atomic E-state index is 0.115. The number of hydrogen-bond donors (Lipinski definition) is 1. The monoisotopic (exact) mass is 392 g/mol. The van der Waals surface area contributed by atoms with Gasteiger partial charge in [0.05, 0.1) is 6.26 Å². The molecule has 0 radical (unpaired) electrons. The van der Waals surface area contributed by atoms with Crippen LogP contribution in [0.15, 0.2) is 57.9 Å². The van der Waals surface area contributed by atoms with Crippen molar-refractivity contribution in [3.05, 3.63) is 75.8 Å². The van der Waals surface area contributed by atoms with Crippen LogP contribution in [0.5, 0.6) is 0 Å². The van der Waals surface area contributed by atoms with Gasteiger partial charge in [-0.3, -0.25) is 9.59 Å². The Labute approximate surface area is 171 Å². The summed E-state index contributed by atoms with van der Waals surface area (Å²) in [7, 11) is 0. The van der Waals surface area contributed by atoms with Gasteiger partial charge in [0.15, 0.2) is 11.2 Å². The van der Waals surface area contributed by atoms with Crippen LogP contribution in [0.4, 0.5) is 5.69 Å². The smallest absolute Gasteiger partial charge is 0.261 e. The first kappa shape index (κ1) is 20.6. The van der Waals surface area contributed by atoms with Gasteiger partial charge in [0, 0.05) is 24.0 Å². The van der Waals surface area contributed by atoms with Crippen molar-refractivity contribution in [3.63, 3.8) is 0 Å². The third kappa shape index (κ3) is 4.67. The molecule has 0 atom stereocenters. The highest BCUT2D eigenvalue weighted by Crippen LogP contribution is 2.26. The van der Waals surface area contributed by atoms with Crippen LogP contribution in [0.25, 0.3) is 11.5 Å². The van der Waals surface area contributed by atoms with Crippen LogP contribution >= 0.6 is 0 Å². The second-order valence-corrected chi connectivity index (χ2v) is 7.33. The fourth-order valence-corrected chi connectivity index (χ4v) is 3.54. The molecule has 0 saturated carbocycles. The van der Waals surface area contributed by atoms with E-state index in [1.165, 1.54) is 0 Å². The number of anilines is 1. The molecule has 0 saturated heterocycles. The minimum Gasteiger partial charge on any atom is -0.463 e. The minimum atomic E-state index is -0.419. The first-order valence-electron chi connectivity index (χ1n) is 10.2. The summed E-state index contributed by atoms with van der Waals surface area (Å²) < 4.78 is 7.65. The zero-order valence-corrected chi connectivity index (χ0v) is 17.3. The number of nitrogens with zero attached hydrogens (tertiary/aromatic N) is 1. The SMILES string of the molecule is CCCCCCn1c(C)cc(=O)c(C(=O)Nc2ccccc2C)c1-c1ccco1. The highest BCUT2D eigenvalue weighted by molar-refractivity contribution is 6.08. The standard InChI is InChI=1S/C24H28N2O3/c1-4-5-6-9-14-26-18(3)16-20(27)22(23(26)21-13-10-15-29-21)24(28)25-19-12-8-7-11-17(19)2/h7-8,10-13,15-16H,4-6,9,14H2,1-3H3,(H,25,28). The summed E-state index contributed by atoms with van der Waals surface area (Å²) in [6.07, 6.45) is 5.95. The van der Waals surface area contributed by atoms with Gasteiger partial charge >= 0.3 is 0 Å². The van der Waals surface area contributed by atoms with Crippen molar-refractivity contribution in [1.82, 2.24) is 4.57 Å². The highest BCUT2D eigenvalue weighted by Gasteiger charge is 2.23. The third-order valence-corrected chi connectivity index (χ3v) is 5.13. The Balaban J connectivity index is 2.06. The molecule has 2 heterocycles. The van der Waals surface area contributed by atoms with Crippen LogP contribution < -0.4 is 10.7 Å². The van der Waals surface area contributed by atoms with Gasteiger partial charge in [-0.1, -0.05) is 44.4 Å². The maximum Gasteiger partial charge on any atom is 0.261 e. The van der Waals surface area contributed by atoms with Gasteiger partial charge in [-0.15, -0.1) is 0 Å². The van der Waals surface area contributed by atoms with E-state index in [1.807, 2.05) is 42.7 Å². The van der Waals surface area contributed by atoms with Gasteiger partial charge in [-0.25, -0.2) is 0 Å². The van der Waals surface area contributed by atoms with Gasteiger partial charge < -0.3 is 14.3 Å². The van der Waals surface area contributed by atoms with Crippen LogP contribution in [0.2, 0.25) is 0 Å². The number of hydrogen-bond acceptors (Lipinski definition) is 3. The number of carbonyl (C=O) groups is 1. The molecule has 0 aliphatic carbocycles. The molecule has 0 aliphatic rings. The van der Waals surface area contributed by atoms with E-state index in [4.69, 9.17) is 4.42 Å². The molecule has 0 spiro atoms. The lowest BCUT2D eigenvalue weighted by Gasteiger charge is -2.19. The molecule has 152 valence electrons. The molecule has 1 amide bonds. The summed E-state index contributed by atoms with van der Waals surface area (Å²) in [5.74, 6) is 0.106. The normalized spacial score (nSPS) is 10.9. The Kier molecular flexibility index (Phi) is 6.70. The number of pyridine rings is 1. The first-order valence-corrected chi connectivity index (χ1v) is 10.2. The van der Waals surface area contributed by atoms with E-state index < -0.39 is 5.91 Å². The Hall–Kier alpha value is -3.08. The first-order chi connectivity index (χ1) is 14.0. The number of benzene rings is 1. The van der Waals surface area contributed by atoms with Gasteiger partial charge in [-0.2, -0.15) is 0 Å². The number of nitrogens with one attached hydrogen (secondary N) is 1. The largest absolute Gasteiger partial charge is 0.463 e. The Morgan fingerprint density at radius 2 is 1.86 bits per heavy atom. The van der Waals surface area contributed by atoms with E-state index >= 15 is 0 Å². The van der Waals surface area contributed by atoms with Gasteiger partial charge in [0.2, 0.25) is 0 Å². The lowest BCUT2D eigenvalue weighted by Crippen LogP contribution is -2.27. The van der Waals surface area contributed by atoms with Crippen LogP contribution in [-0.2, 0) is 6.54 Å². The molecule has 0 bridgehead atoms. The molecule has 3 aromatic rings. The molecular weight excluding hydrogens is 364 g/mol. The summed E-state index contributed by atoms with van der Waals surface area (Å²) in [6, 6.07) is 12.6. The van der Waals surface area contributed by atoms with E-state index in [0.717, 1.165) is 43.5 Å². The number of furan rings is 1. The van der Waals surface area contributed by atoms with Crippen molar-refractivity contribution < 1.29 is 9.21 Å². The van der Waals surface area contributed by atoms with E-state index in [1.54, 1.807) is 24.5 Å². The Morgan fingerprint density at radius 3 is 2.55 bits per heavy atom. The van der Waals surface area contributed by atoms with E-state index in [9.17, 15) is 9.59 Å². The lowest BCUT2D eigenvalue weighted by molar-refractivity contribution is 0.102. The molecule has 0 fully saturated rings. The van der Waals surface area contributed by atoms with Gasteiger partial charge in [-0.05, 0) is 44.0 Å². The van der Waals surface area contributed by atoms with Crippen molar-refractivity contribution in [1.29, 1.82) is 0 Å². The molecule has 5 heteroatoms. The molecule has 29 heavy (non-hydrogen) atoms. The quantitative estimate of drug-likeness (QED) is 0.511. The highest BCUT2D eigenvalue weighted by atomic mass is 16.3. The van der Waals surface area contributed by atoms with Crippen molar-refractivity contribution in [2.45, 2.75) is 53.0 Å². The number of aromatic nitrogens is 1. The fourth-order valence-electron chi connectivity index (χ4n) is 3.54. The van der Waals surface area contributed by atoms with E-state index in [0.29, 0.717) is 17.1 Å². The van der Waals surface area contributed by atoms with Crippen molar-refractivity contribution in [3.8, 4) is 11.5 Å². The Morgan fingerprint density at radius 1 is 1.07 bits per heavy atom. The Bertz CT molecular complexity index is 1030. The van der Waals surface area contributed by atoms with E-state index in [-0.39, 0.29) is 11.0 Å². The van der Waals surface area contributed by atoms with Crippen molar-refractivity contribution in [2.24, 2.45) is 0 Å². The zero-order valence-electron chi connectivity index (χ0n) is 17.3. The fraction of sp³-hybridized carbons (Fsp3) is 0.333. The van der Waals surface area contributed by atoms with Crippen LogP contribution in [0.1, 0.15) is 54.2 Å². The summed E-state index contributed by atoms with van der Waals surface area (Å²) in [6.45, 7) is 6.72. The third-order valence-electron chi connectivity index (χ3n) is 5.13. The summed E-state index contributed by atoms with van der Waals surface area (Å²) in [5.41, 5.74) is 2.81. The topological polar surface area (TPSA) is 64.2 Å². The number of aryl methyl sites for hydroxylation is 2. The number of unbranched alkanes of at least 4 members (excludes halogenated alkanes) is 3. The summed E-state index contributed by atoms with van der Waals surface area (Å²) >= 11 is 0. The predicted octanol–water partition coefficient (Wildman–Crippen LogP) is 5.56. The molecule has 1 N–H and O–H groups in total. The molecule has 1 aromatic carbocycles. The second kappa shape index (κ2) is 9.41. The molecule has 0 unspecified atom stereocenters. The lowest BCUT2D eigenvalue weighted by atomic mass is 10.1. The van der Waals surface area contributed by atoms with Gasteiger partial charge in [0.1, 0.15) is 11.3 Å². The number of rotatable bonds is 8. The maximum absolute atomic E-state index is 13.2. The average molecular weight is 392 g/mol. The van der Waals surface area contributed by atoms with Gasteiger partial charge in [0.25, 0.3) is 5.91 Å². The summed E-state index contributed by atoms with van der Waals surface area (Å²) in [5, 5.41) is 2.90. The predicted molar refractivity (Wildman–Crippen MR) is 116 cm³/mol. The van der Waals surface area contributed by atoms with Crippen LogP contribution in [-0.4, -0.2) is 10.5 Å². The number of carbonyl (C=O) groups excluding carboxylic acids is 1. The van der Waals surface area contributed by atoms with Crippen molar-refractivity contribution >= 4 is 11.6 Å². The van der Waals surface area contributed by atoms with Crippen LogP contribution in [0.3, 0.4) is 0 Å². The molecule has 3 rings (SSSR count). The number of para-hydroxylation sites is 1. The number of amides is 1. The van der Waals surface area contributed by atoms with E-state index in [2.05, 4.69) is 12.2 Å².